The van der Waals surface area contributed by atoms with Crippen LogP contribution in [0.25, 0.3) is 11.0 Å². The van der Waals surface area contributed by atoms with Crippen molar-refractivity contribution in [3.8, 4) is 17.2 Å². The minimum atomic E-state index is 0.332. The number of nitrogens with zero attached hydrogens (tertiary/aromatic N) is 2. The first-order chi connectivity index (χ1) is 8.67. The van der Waals surface area contributed by atoms with Crippen LogP contribution in [-0.2, 0) is 12.9 Å². The Balaban J connectivity index is 2.85. The normalized spacial score (nSPS) is 10.7. The van der Waals surface area contributed by atoms with E-state index < -0.39 is 0 Å². The number of imidazole rings is 1. The quantitative estimate of drug-likeness (QED) is 0.800. The number of aryl methyl sites for hydroxylation is 1. The van der Waals surface area contributed by atoms with Crippen molar-refractivity contribution in [3.63, 3.8) is 0 Å². The van der Waals surface area contributed by atoms with Crippen LogP contribution < -0.4 is 14.2 Å². The monoisotopic (exact) mass is 270 g/mol. The Morgan fingerprint density at radius 3 is 2.33 bits per heavy atom. The second-order valence-electron chi connectivity index (χ2n) is 3.73. The standard InChI is InChI=1S/C12H15ClN2O3/c1-15-7-5-8(16-2)11(17-3)12(18-4)10(7)14-9(15)6-13/h5H,6H2,1-4H3. The zero-order valence-electron chi connectivity index (χ0n) is 10.8. The molecule has 98 valence electrons. The highest BCUT2D eigenvalue weighted by atomic mass is 35.5. The Morgan fingerprint density at radius 1 is 1.17 bits per heavy atom. The largest absolute Gasteiger partial charge is 0.493 e. The number of ether oxygens (including phenoxy) is 3. The summed E-state index contributed by atoms with van der Waals surface area (Å²) in [6.45, 7) is 0. The van der Waals surface area contributed by atoms with Gasteiger partial charge in [-0.15, -0.1) is 11.6 Å². The highest BCUT2D eigenvalue weighted by molar-refractivity contribution is 6.16. The van der Waals surface area contributed by atoms with Gasteiger partial charge in [-0.3, -0.25) is 0 Å². The molecule has 5 nitrogen and oxygen atoms in total. The summed E-state index contributed by atoms with van der Waals surface area (Å²) < 4.78 is 17.9. The van der Waals surface area contributed by atoms with Crippen molar-refractivity contribution in [1.82, 2.24) is 9.55 Å². The van der Waals surface area contributed by atoms with Crippen molar-refractivity contribution in [1.29, 1.82) is 0 Å². The Kier molecular flexibility index (Phi) is 3.52. The lowest BCUT2D eigenvalue weighted by Crippen LogP contribution is -1.97. The molecule has 6 heteroatoms. The van der Waals surface area contributed by atoms with Crippen molar-refractivity contribution in [3.05, 3.63) is 11.9 Å². The van der Waals surface area contributed by atoms with E-state index in [-0.39, 0.29) is 0 Å². The van der Waals surface area contributed by atoms with E-state index in [1.165, 1.54) is 0 Å². The predicted molar refractivity (Wildman–Crippen MR) is 69.9 cm³/mol. The molecule has 1 heterocycles. The molecule has 0 atom stereocenters. The van der Waals surface area contributed by atoms with Gasteiger partial charge >= 0.3 is 0 Å². The maximum absolute atomic E-state index is 5.86. The third kappa shape index (κ3) is 1.75. The van der Waals surface area contributed by atoms with Gasteiger partial charge in [0.25, 0.3) is 0 Å². The zero-order valence-corrected chi connectivity index (χ0v) is 11.5. The van der Waals surface area contributed by atoms with Gasteiger partial charge in [0.15, 0.2) is 11.5 Å². The van der Waals surface area contributed by atoms with Crippen molar-refractivity contribution < 1.29 is 14.2 Å². The second-order valence-corrected chi connectivity index (χ2v) is 4.00. The molecule has 0 saturated heterocycles. The van der Waals surface area contributed by atoms with Gasteiger partial charge in [0, 0.05) is 13.1 Å². The summed E-state index contributed by atoms with van der Waals surface area (Å²) in [5, 5.41) is 0. The fourth-order valence-electron chi connectivity index (χ4n) is 1.95. The number of hydrogen-bond donors (Lipinski definition) is 0. The molecule has 0 bridgehead atoms. The lowest BCUT2D eigenvalue weighted by molar-refractivity contribution is 0.327. The van der Waals surface area contributed by atoms with Crippen LogP contribution in [0.15, 0.2) is 6.07 Å². The van der Waals surface area contributed by atoms with Crippen molar-refractivity contribution in [2.24, 2.45) is 7.05 Å². The maximum Gasteiger partial charge on any atom is 0.205 e. The average Bonchev–Trinajstić information content (AvgIpc) is 2.72. The first-order valence-corrected chi connectivity index (χ1v) is 5.91. The number of benzene rings is 1. The zero-order chi connectivity index (χ0) is 13.3. The third-order valence-corrected chi connectivity index (χ3v) is 3.13. The van der Waals surface area contributed by atoms with Crippen LogP contribution in [0.3, 0.4) is 0 Å². The SMILES string of the molecule is COc1cc2c(nc(CCl)n2C)c(OC)c1OC. The molecule has 0 aliphatic carbocycles. The van der Waals surface area contributed by atoms with E-state index in [2.05, 4.69) is 4.98 Å². The Labute approximate surface area is 110 Å². The number of fused-ring (bicyclic) bond motifs is 1. The lowest BCUT2D eigenvalue weighted by atomic mass is 10.2. The minimum absolute atomic E-state index is 0.332. The topological polar surface area (TPSA) is 45.5 Å². The first-order valence-electron chi connectivity index (χ1n) is 5.38. The molecule has 0 aliphatic rings. The molecule has 18 heavy (non-hydrogen) atoms. The summed E-state index contributed by atoms with van der Waals surface area (Å²) in [7, 11) is 6.63. The average molecular weight is 271 g/mol. The van der Waals surface area contributed by atoms with Crippen LogP contribution in [0, 0.1) is 0 Å². The molecule has 0 spiro atoms. The van der Waals surface area contributed by atoms with Crippen LogP contribution in [-0.4, -0.2) is 30.9 Å². The van der Waals surface area contributed by atoms with E-state index in [4.69, 9.17) is 25.8 Å². The van der Waals surface area contributed by atoms with Gasteiger partial charge in [-0.1, -0.05) is 0 Å². The van der Waals surface area contributed by atoms with Crippen LogP contribution >= 0.6 is 11.6 Å². The summed E-state index contributed by atoms with van der Waals surface area (Å²) in [4.78, 5) is 4.46. The van der Waals surface area contributed by atoms with Crippen molar-refractivity contribution >= 4 is 22.6 Å². The molecule has 0 fully saturated rings. The van der Waals surface area contributed by atoms with E-state index in [1.807, 2.05) is 17.7 Å². The molecular formula is C12H15ClN2O3. The lowest BCUT2D eigenvalue weighted by Gasteiger charge is -2.12. The fraction of sp³-hybridized carbons (Fsp3) is 0.417. The Hall–Kier alpha value is -1.62. The smallest absolute Gasteiger partial charge is 0.205 e. The molecule has 2 aromatic rings. The molecule has 0 saturated carbocycles. The number of halogens is 1. The third-order valence-electron chi connectivity index (χ3n) is 2.89. The molecule has 0 unspecified atom stereocenters. The number of methoxy groups -OCH3 is 3. The van der Waals surface area contributed by atoms with Gasteiger partial charge in [-0.25, -0.2) is 4.98 Å². The second kappa shape index (κ2) is 4.94. The fourth-order valence-corrected chi connectivity index (χ4v) is 2.19. The van der Waals surface area contributed by atoms with Gasteiger partial charge in [-0.05, 0) is 0 Å². The van der Waals surface area contributed by atoms with E-state index in [0.29, 0.717) is 28.6 Å². The number of hydrogen-bond acceptors (Lipinski definition) is 4. The number of rotatable bonds is 4. The summed E-state index contributed by atoms with van der Waals surface area (Å²) in [6.07, 6.45) is 0. The molecular weight excluding hydrogens is 256 g/mol. The molecule has 0 aliphatic heterocycles. The molecule has 1 aromatic heterocycles. The van der Waals surface area contributed by atoms with Gasteiger partial charge < -0.3 is 18.8 Å². The molecule has 1 aromatic carbocycles. The maximum atomic E-state index is 5.86. The summed E-state index contributed by atoms with van der Waals surface area (Å²) >= 11 is 5.86. The predicted octanol–water partition coefficient (Wildman–Crippen LogP) is 2.34. The highest BCUT2D eigenvalue weighted by Crippen LogP contribution is 2.42. The Morgan fingerprint density at radius 2 is 1.83 bits per heavy atom. The first kappa shape index (κ1) is 12.8. The van der Waals surface area contributed by atoms with Crippen LogP contribution in [0.4, 0.5) is 0 Å². The molecule has 0 radical (unpaired) electrons. The van der Waals surface area contributed by atoms with Gasteiger partial charge in [0.05, 0.1) is 32.7 Å². The summed E-state index contributed by atoms with van der Waals surface area (Å²) in [5.74, 6) is 2.79. The summed E-state index contributed by atoms with van der Waals surface area (Å²) in [6, 6.07) is 1.86. The van der Waals surface area contributed by atoms with E-state index in [9.17, 15) is 0 Å². The van der Waals surface area contributed by atoms with Crippen LogP contribution in [0.5, 0.6) is 17.2 Å². The molecule has 0 amide bonds. The molecule has 0 N–H and O–H groups in total. The number of aromatic nitrogens is 2. The van der Waals surface area contributed by atoms with Gasteiger partial charge in [0.2, 0.25) is 5.75 Å². The van der Waals surface area contributed by atoms with E-state index in [0.717, 1.165) is 11.3 Å². The Bertz CT molecular complexity index is 580. The van der Waals surface area contributed by atoms with E-state index >= 15 is 0 Å². The van der Waals surface area contributed by atoms with Crippen molar-refractivity contribution in [2.75, 3.05) is 21.3 Å². The minimum Gasteiger partial charge on any atom is -0.493 e. The molecule has 2 rings (SSSR count). The highest BCUT2D eigenvalue weighted by Gasteiger charge is 2.20. The summed E-state index contributed by atoms with van der Waals surface area (Å²) in [5.41, 5.74) is 1.61. The van der Waals surface area contributed by atoms with E-state index in [1.54, 1.807) is 21.3 Å². The van der Waals surface area contributed by atoms with Crippen molar-refractivity contribution in [2.45, 2.75) is 5.88 Å². The van der Waals surface area contributed by atoms with Gasteiger partial charge in [0.1, 0.15) is 11.3 Å². The van der Waals surface area contributed by atoms with Crippen LogP contribution in [0.1, 0.15) is 5.82 Å². The van der Waals surface area contributed by atoms with Crippen LogP contribution in [0.2, 0.25) is 0 Å². The number of alkyl halides is 1. The van der Waals surface area contributed by atoms with Gasteiger partial charge in [-0.2, -0.15) is 0 Å².